The van der Waals surface area contributed by atoms with Gasteiger partial charge in [-0.3, -0.25) is 0 Å². The van der Waals surface area contributed by atoms with Crippen molar-refractivity contribution in [3.63, 3.8) is 0 Å². The first-order chi connectivity index (χ1) is 9.58. The predicted octanol–water partition coefficient (Wildman–Crippen LogP) is 3.51. The van der Waals surface area contributed by atoms with Gasteiger partial charge in [0.25, 0.3) is 0 Å². The molecule has 106 valence electrons. The molecule has 0 amide bonds. The van der Waals surface area contributed by atoms with Crippen LogP contribution in [0.2, 0.25) is 0 Å². The molecule has 3 heteroatoms. The maximum absolute atomic E-state index is 11.3. The van der Waals surface area contributed by atoms with Gasteiger partial charge >= 0.3 is 5.97 Å². The van der Waals surface area contributed by atoms with Gasteiger partial charge in [0, 0.05) is 6.42 Å². The van der Waals surface area contributed by atoms with Gasteiger partial charge in [-0.15, -0.1) is 0 Å². The number of aliphatic carboxylic acids is 1. The Balaban J connectivity index is 2.22. The zero-order valence-corrected chi connectivity index (χ0v) is 11.9. The fourth-order valence-corrected chi connectivity index (χ4v) is 2.20. The lowest BCUT2D eigenvalue weighted by Crippen LogP contribution is -2.28. The number of rotatable bonds is 6. The molecule has 1 N–H and O–H groups in total. The quantitative estimate of drug-likeness (QED) is 0.875. The lowest BCUT2D eigenvalue weighted by atomic mass is 10.00. The summed E-state index contributed by atoms with van der Waals surface area (Å²) in [7, 11) is 0. The average molecular weight is 272 g/mol. The van der Waals surface area contributed by atoms with Crippen LogP contribution < -0.4 is 0 Å². The van der Waals surface area contributed by atoms with Crippen molar-refractivity contribution in [2.24, 2.45) is 5.92 Å². The van der Waals surface area contributed by atoms with Crippen molar-refractivity contribution in [1.82, 2.24) is 0 Å². The van der Waals surface area contributed by atoms with E-state index in [0.717, 1.165) is 16.3 Å². The van der Waals surface area contributed by atoms with Crippen molar-refractivity contribution in [1.29, 1.82) is 0 Å². The highest BCUT2D eigenvalue weighted by Crippen LogP contribution is 2.20. The van der Waals surface area contributed by atoms with Crippen molar-refractivity contribution in [3.8, 4) is 0 Å². The molecule has 0 heterocycles. The number of hydrogen-bond donors (Lipinski definition) is 1. The number of fused-ring (bicyclic) bond motifs is 1. The first kappa shape index (κ1) is 14.5. The third kappa shape index (κ3) is 3.58. The molecule has 0 unspecified atom stereocenters. The predicted molar refractivity (Wildman–Crippen MR) is 79.9 cm³/mol. The number of carbonyl (C=O) groups is 1. The normalized spacial score (nSPS) is 12.8. The third-order valence-electron chi connectivity index (χ3n) is 3.19. The van der Waals surface area contributed by atoms with Gasteiger partial charge in [0.15, 0.2) is 6.10 Å². The fraction of sp³-hybridized carbons (Fsp3) is 0.353. The van der Waals surface area contributed by atoms with E-state index in [4.69, 9.17) is 4.74 Å². The monoisotopic (exact) mass is 272 g/mol. The topological polar surface area (TPSA) is 46.5 Å². The fourth-order valence-electron chi connectivity index (χ4n) is 2.20. The van der Waals surface area contributed by atoms with Crippen molar-refractivity contribution >= 4 is 16.7 Å². The largest absolute Gasteiger partial charge is 0.479 e. The van der Waals surface area contributed by atoms with E-state index in [1.807, 2.05) is 56.3 Å². The molecule has 0 spiro atoms. The Bertz CT molecular complexity index is 584. The SMILES string of the molecule is CC(C)CO[C@H](Cc1cccc2ccccc12)C(=O)O. The summed E-state index contributed by atoms with van der Waals surface area (Å²) in [5, 5.41) is 11.5. The van der Waals surface area contributed by atoms with E-state index in [-0.39, 0.29) is 0 Å². The molecule has 3 nitrogen and oxygen atoms in total. The summed E-state index contributed by atoms with van der Waals surface area (Å²) in [6.07, 6.45) is -0.396. The highest BCUT2D eigenvalue weighted by molar-refractivity contribution is 5.86. The second kappa shape index (κ2) is 6.53. The molecule has 0 aliphatic rings. The van der Waals surface area contributed by atoms with Gasteiger partial charge in [0.2, 0.25) is 0 Å². The third-order valence-corrected chi connectivity index (χ3v) is 3.19. The van der Waals surface area contributed by atoms with Crippen LogP contribution in [0.5, 0.6) is 0 Å². The summed E-state index contributed by atoms with van der Waals surface area (Å²) in [5.41, 5.74) is 1.01. The molecule has 0 aliphatic carbocycles. The highest BCUT2D eigenvalue weighted by Gasteiger charge is 2.20. The Labute approximate surface area is 119 Å². The number of benzene rings is 2. The van der Waals surface area contributed by atoms with E-state index in [2.05, 4.69) is 0 Å². The Hall–Kier alpha value is -1.87. The van der Waals surface area contributed by atoms with Crippen LogP contribution in [0, 0.1) is 5.92 Å². The minimum atomic E-state index is -0.904. The average Bonchev–Trinajstić information content (AvgIpc) is 2.43. The summed E-state index contributed by atoms with van der Waals surface area (Å²) >= 11 is 0. The van der Waals surface area contributed by atoms with E-state index in [1.165, 1.54) is 0 Å². The molecule has 2 aromatic carbocycles. The molecule has 0 aliphatic heterocycles. The van der Waals surface area contributed by atoms with Gasteiger partial charge < -0.3 is 9.84 Å². The minimum Gasteiger partial charge on any atom is -0.479 e. The van der Waals surface area contributed by atoms with Crippen molar-refractivity contribution in [2.75, 3.05) is 6.61 Å². The van der Waals surface area contributed by atoms with Crippen LogP contribution in [0.15, 0.2) is 42.5 Å². The van der Waals surface area contributed by atoms with Crippen LogP contribution >= 0.6 is 0 Å². The Morgan fingerprint density at radius 2 is 1.85 bits per heavy atom. The van der Waals surface area contributed by atoms with Crippen LogP contribution in [0.25, 0.3) is 10.8 Å². The second-order valence-electron chi connectivity index (χ2n) is 5.40. The molecule has 0 aromatic heterocycles. The lowest BCUT2D eigenvalue weighted by molar-refractivity contribution is -0.150. The van der Waals surface area contributed by atoms with Crippen molar-refractivity contribution in [2.45, 2.75) is 26.4 Å². The van der Waals surface area contributed by atoms with Gasteiger partial charge in [-0.05, 0) is 22.3 Å². The number of ether oxygens (including phenoxy) is 1. The Morgan fingerprint density at radius 1 is 1.15 bits per heavy atom. The number of carboxylic acid groups (broad SMARTS) is 1. The molecular formula is C17H20O3. The first-order valence-corrected chi connectivity index (χ1v) is 6.89. The maximum atomic E-state index is 11.3. The zero-order chi connectivity index (χ0) is 14.5. The number of hydrogen-bond acceptors (Lipinski definition) is 2. The summed E-state index contributed by atoms with van der Waals surface area (Å²) < 4.78 is 5.52. The molecule has 0 saturated heterocycles. The van der Waals surface area contributed by atoms with Crippen LogP contribution in [0.3, 0.4) is 0 Å². The van der Waals surface area contributed by atoms with Crippen LogP contribution in [0.1, 0.15) is 19.4 Å². The van der Waals surface area contributed by atoms with Crippen molar-refractivity contribution in [3.05, 3.63) is 48.0 Å². The smallest absolute Gasteiger partial charge is 0.333 e. The second-order valence-corrected chi connectivity index (χ2v) is 5.40. The highest BCUT2D eigenvalue weighted by atomic mass is 16.5. The molecule has 0 radical (unpaired) electrons. The van der Waals surface area contributed by atoms with Crippen LogP contribution in [0.4, 0.5) is 0 Å². The van der Waals surface area contributed by atoms with Crippen LogP contribution in [-0.4, -0.2) is 23.8 Å². The molecule has 0 saturated carbocycles. The zero-order valence-electron chi connectivity index (χ0n) is 11.9. The first-order valence-electron chi connectivity index (χ1n) is 6.89. The maximum Gasteiger partial charge on any atom is 0.333 e. The van der Waals surface area contributed by atoms with E-state index in [1.54, 1.807) is 0 Å². The molecule has 2 aromatic rings. The summed E-state index contributed by atoms with van der Waals surface area (Å²) in [4.78, 5) is 11.3. The summed E-state index contributed by atoms with van der Waals surface area (Å²) in [5.74, 6) is -0.581. The van der Waals surface area contributed by atoms with Gasteiger partial charge in [-0.25, -0.2) is 4.79 Å². The van der Waals surface area contributed by atoms with Gasteiger partial charge in [-0.1, -0.05) is 56.3 Å². The molecule has 0 bridgehead atoms. The summed E-state index contributed by atoms with van der Waals surface area (Å²) in [6.45, 7) is 4.48. The number of carboxylic acids is 1. The summed E-state index contributed by atoms with van der Waals surface area (Å²) in [6, 6.07) is 14.0. The molecule has 0 fully saturated rings. The molecule has 1 atom stereocenters. The van der Waals surface area contributed by atoms with Gasteiger partial charge in [0.1, 0.15) is 0 Å². The lowest BCUT2D eigenvalue weighted by Gasteiger charge is -2.16. The van der Waals surface area contributed by atoms with E-state index in [9.17, 15) is 9.90 Å². The van der Waals surface area contributed by atoms with Crippen molar-refractivity contribution < 1.29 is 14.6 Å². The Morgan fingerprint density at radius 3 is 2.55 bits per heavy atom. The Kier molecular flexibility index (Phi) is 4.74. The van der Waals surface area contributed by atoms with Gasteiger partial charge in [0.05, 0.1) is 6.61 Å². The van der Waals surface area contributed by atoms with Crippen LogP contribution in [-0.2, 0) is 16.0 Å². The molecule has 20 heavy (non-hydrogen) atoms. The van der Waals surface area contributed by atoms with E-state index < -0.39 is 12.1 Å². The minimum absolute atomic E-state index is 0.323. The van der Waals surface area contributed by atoms with E-state index in [0.29, 0.717) is 18.9 Å². The standard InChI is InChI=1S/C17H20O3/c1-12(2)11-20-16(17(18)19)10-14-8-5-7-13-6-3-4-9-15(13)14/h3-9,12,16H,10-11H2,1-2H3,(H,18,19)/t16-/m1/s1. The molecular weight excluding hydrogens is 252 g/mol. The van der Waals surface area contributed by atoms with Gasteiger partial charge in [-0.2, -0.15) is 0 Å². The van der Waals surface area contributed by atoms with E-state index >= 15 is 0 Å². The molecule has 2 rings (SSSR count).